The van der Waals surface area contributed by atoms with Crippen LogP contribution in [0.15, 0.2) is 12.1 Å². The van der Waals surface area contributed by atoms with Gasteiger partial charge in [-0.05, 0) is 31.0 Å². The lowest BCUT2D eigenvalue weighted by Crippen LogP contribution is -2.51. The molecule has 0 radical (unpaired) electrons. The van der Waals surface area contributed by atoms with Crippen LogP contribution in [0.4, 0.5) is 14.5 Å². The second-order valence-corrected chi connectivity index (χ2v) is 5.43. The summed E-state index contributed by atoms with van der Waals surface area (Å²) in [6, 6.07) is 1.82. The average molecular weight is 296 g/mol. The van der Waals surface area contributed by atoms with E-state index in [1.54, 1.807) is 0 Å². The van der Waals surface area contributed by atoms with E-state index >= 15 is 0 Å². The van der Waals surface area contributed by atoms with Crippen molar-refractivity contribution in [1.82, 2.24) is 5.32 Å². The SMILES string of the molecule is O=C(O)CN1C(=O)C2(CCCNC2)c2cc(F)cc(F)c21. The maximum Gasteiger partial charge on any atom is 0.323 e. The number of hydrogen-bond donors (Lipinski definition) is 2. The van der Waals surface area contributed by atoms with Gasteiger partial charge >= 0.3 is 5.97 Å². The lowest BCUT2D eigenvalue weighted by atomic mass is 9.75. The van der Waals surface area contributed by atoms with E-state index in [9.17, 15) is 18.4 Å². The molecule has 0 aliphatic carbocycles. The third-order valence-corrected chi connectivity index (χ3v) is 4.15. The fourth-order valence-electron chi connectivity index (χ4n) is 3.28. The zero-order chi connectivity index (χ0) is 15.2. The zero-order valence-corrected chi connectivity index (χ0v) is 11.2. The second-order valence-electron chi connectivity index (χ2n) is 5.43. The number of rotatable bonds is 2. The second kappa shape index (κ2) is 4.77. The number of nitrogens with zero attached hydrogens (tertiary/aromatic N) is 1. The number of amides is 1. The van der Waals surface area contributed by atoms with E-state index in [2.05, 4.69) is 5.32 Å². The Morgan fingerprint density at radius 1 is 1.43 bits per heavy atom. The van der Waals surface area contributed by atoms with Crippen LogP contribution < -0.4 is 10.2 Å². The quantitative estimate of drug-likeness (QED) is 0.855. The summed E-state index contributed by atoms with van der Waals surface area (Å²) >= 11 is 0. The fraction of sp³-hybridized carbons (Fsp3) is 0.429. The predicted octanol–water partition coefficient (Wildman–Crippen LogP) is 1.02. The van der Waals surface area contributed by atoms with Crippen molar-refractivity contribution in [1.29, 1.82) is 0 Å². The highest BCUT2D eigenvalue weighted by molar-refractivity contribution is 6.10. The van der Waals surface area contributed by atoms with Gasteiger partial charge in [-0.3, -0.25) is 14.5 Å². The summed E-state index contributed by atoms with van der Waals surface area (Å²) in [7, 11) is 0. The van der Waals surface area contributed by atoms with Crippen molar-refractivity contribution in [2.75, 3.05) is 24.5 Å². The smallest absolute Gasteiger partial charge is 0.323 e. The Labute approximate surface area is 119 Å². The first-order valence-corrected chi connectivity index (χ1v) is 6.70. The average Bonchev–Trinajstić information content (AvgIpc) is 2.63. The molecule has 3 rings (SSSR count). The molecule has 2 aliphatic rings. The van der Waals surface area contributed by atoms with Crippen LogP contribution in [0.25, 0.3) is 0 Å². The molecular formula is C14H14F2N2O3. The van der Waals surface area contributed by atoms with Crippen LogP contribution in [0.3, 0.4) is 0 Å². The Bertz CT molecular complexity index is 627. The Morgan fingerprint density at radius 3 is 2.81 bits per heavy atom. The lowest BCUT2D eigenvalue weighted by Gasteiger charge is -2.32. The number of aliphatic carboxylic acids is 1. The number of benzene rings is 1. The van der Waals surface area contributed by atoms with Crippen LogP contribution in [0.1, 0.15) is 18.4 Å². The van der Waals surface area contributed by atoms with Crippen molar-refractivity contribution in [3.05, 3.63) is 29.3 Å². The maximum absolute atomic E-state index is 14.1. The first kappa shape index (κ1) is 13.9. The summed E-state index contributed by atoms with van der Waals surface area (Å²) < 4.78 is 27.7. The van der Waals surface area contributed by atoms with Crippen molar-refractivity contribution in [2.24, 2.45) is 0 Å². The number of nitrogens with one attached hydrogen (secondary N) is 1. The number of piperidine rings is 1. The Morgan fingerprint density at radius 2 is 2.19 bits per heavy atom. The lowest BCUT2D eigenvalue weighted by molar-refractivity contribution is -0.137. The topological polar surface area (TPSA) is 69.6 Å². The van der Waals surface area contributed by atoms with Crippen molar-refractivity contribution in [2.45, 2.75) is 18.3 Å². The number of halogens is 2. The monoisotopic (exact) mass is 296 g/mol. The van der Waals surface area contributed by atoms with Gasteiger partial charge in [0.1, 0.15) is 18.2 Å². The minimum Gasteiger partial charge on any atom is -0.480 e. The van der Waals surface area contributed by atoms with Gasteiger partial charge in [-0.1, -0.05) is 0 Å². The molecule has 1 aromatic rings. The highest BCUT2D eigenvalue weighted by atomic mass is 19.1. The molecule has 112 valence electrons. The van der Waals surface area contributed by atoms with E-state index in [-0.39, 0.29) is 17.8 Å². The summed E-state index contributed by atoms with van der Waals surface area (Å²) in [5.74, 6) is -3.38. The van der Waals surface area contributed by atoms with Crippen LogP contribution in [0.2, 0.25) is 0 Å². The van der Waals surface area contributed by atoms with E-state index in [1.165, 1.54) is 0 Å². The van der Waals surface area contributed by atoms with Gasteiger partial charge < -0.3 is 10.4 Å². The number of carboxylic acid groups (broad SMARTS) is 1. The summed E-state index contributed by atoms with van der Waals surface area (Å²) in [5, 5.41) is 12.0. The van der Waals surface area contributed by atoms with Gasteiger partial charge in [0.25, 0.3) is 0 Å². The zero-order valence-electron chi connectivity index (χ0n) is 11.2. The summed E-state index contributed by atoms with van der Waals surface area (Å²) in [6.07, 6.45) is 1.13. The molecule has 0 bridgehead atoms. The van der Waals surface area contributed by atoms with Crippen molar-refractivity contribution >= 4 is 17.6 Å². The number of carboxylic acids is 1. The molecule has 1 spiro atoms. The molecule has 2 N–H and O–H groups in total. The minimum absolute atomic E-state index is 0.104. The van der Waals surface area contributed by atoms with Crippen molar-refractivity contribution in [3.8, 4) is 0 Å². The minimum atomic E-state index is -1.24. The molecule has 5 nitrogen and oxygen atoms in total. The molecular weight excluding hydrogens is 282 g/mol. The normalized spacial score (nSPS) is 24.5. The summed E-state index contributed by atoms with van der Waals surface area (Å²) in [4.78, 5) is 24.5. The van der Waals surface area contributed by atoms with E-state index in [0.717, 1.165) is 17.5 Å². The van der Waals surface area contributed by atoms with E-state index in [4.69, 9.17) is 5.11 Å². The molecule has 21 heavy (non-hydrogen) atoms. The Kier molecular flexibility index (Phi) is 3.16. The molecule has 0 saturated carbocycles. The highest BCUT2D eigenvalue weighted by Gasteiger charge is 2.53. The number of carbonyl (C=O) groups is 2. The third kappa shape index (κ3) is 1.99. The molecule has 1 amide bonds. The molecule has 2 aliphatic heterocycles. The van der Waals surface area contributed by atoms with Gasteiger partial charge in [0.05, 0.1) is 11.1 Å². The molecule has 7 heteroatoms. The molecule has 1 aromatic carbocycles. The molecule has 1 unspecified atom stereocenters. The van der Waals surface area contributed by atoms with Crippen molar-refractivity contribution < 1.29 is 23.5 Å². The summed E-state index contributed by atoms with van der Waals surface area (Å²) in [6.45, 7) is 0.356. The molecule has 1 atom stereocenters. The van der Waals surface area contributed by atoms with Gasteiger partial charge in [-0.15, -0.1) is 0 Å². The van der Waals surface area contributed by atoms with Gasteiger partial charge in [0.2, 0.25) is 5.91 Å². The van der Waals surface area contributed by atoms with Gasteiger partial charge in [-0.25, -0.2) is 8.78 Å². The summed E-state index contributed by atoms with van der Waals surface area (Å²) in [5.41, 5.74) is -0.919. The number of fused-ring (bicyclic) bond motifs is 2. The van der Waals surface area contributed by atoms with Crippen LogP contribution in [0, 0.1) is 11.6 Å². The third-order valence-electron chi connectivity index (χ3n) is 4.15. The molecule has 2 heterocycles. The van der Waals surface area contributed by atoms with Crippen LogP contribution >= 0.6 is 0 Å². The number of carbonyl (C=O) groups excluding carboxylic acids is 1. The van der Waals surface area contributed by atoms with Crippen LogP contribution in [0.5, 0.6) is 0 Å². The molecule has 1 saturated heterocycles. The van der Waals surface area contributed by atoms with Crippen LogP contribution in [-0.4, -0.2) is 36.6 Å². The van der Waals surface area contributed by atoms with Gasteiger partial charge in [0, 0.05) is 12.6 Å². The molecule has 1 fully saturated rings. The van der Waals surface area contributed by atoms with E-state index < -0.39 is 35.5 Å². The van der Waals surface area contributed by atoms with Crippen LogP contribution in [-0.2, 0) is 15.0 Å². The largest absolute Gasteiger partial charge is 0.480 e. The standard InChI is InChI=1S/C14H14F2N2O3/c15-8-4-9-12(10(16)5-8)18(6-11(19)20)13(21)14(9)2-1-3-17-7-14/h4-5,17H,1-3,6-7H2,(H,19,20). The fourth-order valence-corrected chi connectivity index (χ4v) is 3.28. The Balaban J connectivity index is 2.18. The van der Waals surface area contributed by atoms with Crippen molar-refractivity contribution in [3.63, 3.8) is 0 Å². The van der Waals surface area contributed by atoms with Gasteiger partial charge in [0.15, 0.2) is 0 Å². The first-order valence-electron chi connectivity index (χ1n) is 6.70. The first-order chi connectivity index (χ1) is 9.95. The predicted molar refractivity (Wildman–Crippen MR) is 70.1 cm³/mol. The maximum atomic E-state index is 14.1. The number of hydrogen-bond acceptors (Lipinski definition) is 3. The molecule has 0 aromatic heterocycles. The Hall–Kier alpha value is -2.02. The van der Waals surface area contributed by atoms with E-state index in [0.29, 0.717) is 18.9 Å². The van der Waals surface area contributed by atoms with E-state index in [1.807, 2.05) is 0 Å². The van der Waals surface area contributed by atoms with Gasteiger partial charge in [-0.2, -0.15) is 0 Å². The number of anilines is 1. The highest BCUT2D eigenvalue weighted by Crippen LogP contribution is 2.46.